The smallest absolute Gasteiger partial charge is 0.319 e. The summed E-state index contributed by atoms with van der Waals surface area (Å²) in [7, 11) is 0. The van der Waals surface area contributed by atoms with Gasteiger partial charge in [0.05, 0.1) is 16.9 Å². The third kappa shape index (κ3) is 4.14. The molecule has 2 aromatic carbocycles. The van der Waals surface area contributed by atoms with Crippen molar-refractivity contribution in [2.45, 2.75) is 40.7 Å². The van der Waals surface area contributed by atoms with Crippen LogP contribution in [-0.2, 0) is 6.54 Å². The molecule has 2 amide bonds. The van der Waals surface area contributed by atoms with Gasteiger partial charge in [-0.15, -0.1) is 0 Å². The zero-order valence-corrected chi connectivity index (χ0v) is 17.2. The summed E-state index contributed by atoms with van der Waals surface area (Å²) in [5, 5.41) is 6.76. The van der Waals surface area contributed by atoms with Gasteiger partial charge >= 0.3 is 6.03 Å². The van der Waals surface area contributed by atoms with Crippen LogP contribution in [0.4, 0.5) is 16.2 Å². The van der Waals surface area contributed by atoms with Gasteiger partial charge in [-0.2, -0.15) is 0 Å². The second kappa shape index (κ2) is 8.38. The quantitative estimate of drug-likeness (QED) is 0.538. The van der Waals surface area contributed by atoms with Crippen molar-refractivity contribution >= 4 is 28.3 Å². The number of carbonyl (C=O) groups is 1. The topological polar surface area (TPSA) is 72.1 Å². The standard InChI is InChI=1S/C23H30N4O/c1-5-12-25-23(28)26-18-9-7-17(8-10-18)22-21(24)19-11-6-16(4)13-20(19)27(22)14-15(2)3/h6-11,13,15H,5,12,14,24H2,1-4H3,(H2,25,26,28). The highest BCUT2D eigenvalue weighted by atomic mass is 16.2. The number of nitrogens with two attached hydrogens (primary N) is 1. The van der Waals surface area contributed by atoms with Crippen LogP contribution < -0.4 is 16.4 Å². The Balaban J connectivity index is 1.98. The van der Waals surface area contributed by atoms with Crippen molar-refractivity contribution < 1.29 is 4.79 Å². The van der Waals surface area contributed by atoms with Crippen LogP contribution in [0.2, 0.25) is 0 Å². The lowest BCUT2D eigenvalue weighted by Gasteiger charge is -2.15. The Bertz CT molecular complexity index is 970. The summed E-state index contributed by atoms with van der Waals surface area (Å²) in [5.41, 5.74) is 12.6. The summed E-state index contributed by atoms with van der Waals surface area (Å²) >= 11 is 0. The molecule has 1 heterocycles. The molecule has 5 heteroatoms. The van der Waals surface area contributed by atoms with Gasteiger partial charge < -0.3 is 20.9 Å². The number of urea groups is 1. The van der Waals surface area contributed by atoms with Crippen molar-refractivity contribution in [3.63, 3.8) is 0 Å². The Morgan fingerprint density at radius 3 is 2.50 bits per heavy atom. The van der Waals surface area contributed by atoms with Crippen LogP contribution in [0.1, 0.15) is 32.8 Å². The number of hydrogen-bond acceptors (Lipinski definition) is 2. The van der Waals surface area contributed by atoms with Gasteiger partial charge in [-0.05, 0) is 43.0 Å². The lowest BCUT2D eigenvalue weighted by molar-refractivity contribution is 0.252. The van der Waals surface area contributed by atoms with E-state index in [2.05, 4.69) is 54.2 Å². The number of nitrogens with zero attached hydrogens (tertiary/aromatic N) is 1. The second-order valence-electron chi connectivity index (χ2n) is 7.75. The highest BCUT2D eigenvalue weighted by Gasteiger charge is 2.17. The van der Waals surface area contributed by atoms with Crippen molar-refractivity contribution in [3.05, 3.63) is 48.0 Å². The molecule has 0 unspecified atom stereocenters. The first-order valence-corrected chi connectivity index (χ1v) is 9.94. The number of aromatic nitrogens is 1. The minimum atomic E-state index is -0.182. The second-order valence-corrected chi connectivity index (χ2v) is 7.75. The number of benzene rings is 2. The van der Waals surface area contributed by atoms with Crippen molar-refractivity contribution in [2.24, 2.45) is 5.92 Å². The molecule has 0 saturated carbocycles. The normalized spacial score (nSPS) is 11.2. The molecule has 5 nitrogen and oxygen atoms in total. The Morgan fingerprint density at radius 2 is 1.86 bits per heavy atom. The largest absolute Gasteiger partial charge is 0.396 e. The molecule has 3 aromatic rings. The molecular formula is C23H30N4O. The number of amides is 2. The number of nitrogens with one attached hydrogen (secondary N) is 2. The average Bonchev–Trinajstić information content (AvgIpc) is 2.91. The molecule has 0 aliphatic carbocycles. The number of aryl methyl sites for hydroxylation is 1. The summed E-state index contributed by atoms with van der Waals surface area (Å²) in [6, 6.07) is 14.1. The molecule has 28 heavy (non-hydrogen) atoms. The molecule has 0 saturated heterocycles. The van der Waals surface area contributed by atoms with E-state index in [1.165, 1.54) is 11.1 Å². The van der Waals surface area contributed by atoms with Gasteiger partial charge in [0.15, 0.2) is 0 Å². The Morgan fingerprint density at radius 1 is 1.14 bits per heavy atom. The van der Waals surface area contributed by atoms with Crippen LogP contribution in [0.5, 0.6) is 0 Å². The van der Waals surface area contributed by atoms with Crippen molar-refractivity contribution in [2.75, 3.05) is 17.6 Å². The first kappa shape index (κ1) is 19.8. The number of fused-ring (bicyclic) bond motifs is 1. The predicted octanol–water partition coefficient (Wildman–Crippen LogP) is 5.39. The molecule has 1 aromatic heterocycles. The average molecular weight is 379 g/mol. The maximum absolute atomic E-state index is 11.9. The van der Waals surface area contributed by atoms with E-state index in [1.807, 2.05) is 31.2 Å². The van der Waals surface area contributed by atoms with Gasteiger partial charge in [0.1, 0.15) is 0 Å². The Labute approximate surface area is 166 Å². The molecule has 0 atom stereocenters. The Kier molecular flexibility index (Phi) is 5.93. The van der Waals surface area contributed by atoms with Crippen molar-refractivity contribution in [1.29, 1.82) is 0 Å². The number of anilines is 2. The molecule has 0 aliphatic rings. The minimum Gasteiger partial charge on any atom is -0.396 e. The monoisotopic (exact) mass is 378 g/mol. The molecule has 0 fully saturated rings. The third-order valence-electron chi connectivity index (χ3n) is 4.76. The van der Waals surface area contributed by atoms with Crippen LogP contribution in [0, 0.1) is 12.8 Å². The fraction of sp³-hybridized carbons (Fsp3) is 0.348. The van der Waals surface area contributed by atoms with Gasteiger partial charge in [-0.1, -0.05) is 45.0 Å². The van der Waals surface area contributed by atoms with Gasteiger partial charge in [-0.25, -0.2) is 4.79 Å². The zero-order chi connectivity index (χ0) is 20.3. The summed E-state index contributed by atoms with van der Waals surface area (Å²) in [5.74, 6) is 0.498. The van der Waals surface area contributed by atoms with E-state index in [9.17, 15) is 4.79 Å². The number of carbonyl (C=O) groups excluding carboxylic acids is 1. The molecule has 0 radical (unpaired) electrons. The number of nitrogen functional groups attached to an aromatic ring is 1. The molecule has 3 rings (SSSR count). The van der Waals surface area contributed by atoms with E-state index in [4.69, 9.17) is 5.73 Å². The van der Waals surface area contributed by atoms with Crippen molar-refractivity contribution in [1.82, 2.24) is 9.88 Å². The maximum Gasteiger partial charge on any atom is 0.319 e. The van der Waals surface area contributed by atoms with Crippen LogP contribution in [-0.4, -0.2) is 17.1 Å². The predicted molar refractivity (Wildman–Crippen MR) is 119 cm³/mol. The van der Waals surface area contributed by atoms with Crippen LogP contribution in [0.25, 0.3) is 22.2 Å². The lowest BCUT2D eigenvalue weighted by Crippen LogP contribution is -2.29. The summed E-state index contributed by atoms with van der Waals surface area (Å²) in [6.07, 6.45) is 0.908. The summed E-state index contributed by atoms with van der Waals surface area (Å²) in [6.45, 7) is 10.1. The van der Waals surface area contributed by atoms with E-state index in [0.29, 0.717) is 12.5 Å². The highest BCUT2D eigenvalue weighted by Crippen LogP contribution is 2.37. The molecule has 0 spiro atoms. The molecule has 0 aliphatic heterocycles. The van der Waals surface area contributed by atoms with E-state index < -0.39 is 0 Å². The van der Waals surface area contributed by atoms with E-state index in [-0.39, 0.29) is 6.03 Å². The fourth-order valence-corrected chi connectivity index (χ4v) is 3.48. The van der Waals surface area contributed by atoms with E-state index >= 15 is 0 Å². The van der Waals surface area contributed by atoms with Crippen LogP contribution in [0.15, 0.2) is 42.5 Å². The molecular weight excluding hydrogens is 348 g/mol. The van der Waals surface area contributed by atoms with Crippen LogP contribution >= 0.6 is 0 Å². The number of rotatable bonds is 6. The summed E-state index contributed by atoms with van der Waals surface area (Å²) < 4.78 is 2.32. The molecule has 4 N–H and O–H groups in total. The lowest BCUT2D eigenvalue weighted by atomic mass is 10.1. The SMILES string of the molecule is CCCNC(=O)Nc1ccc(-c2c(N)c3ccc(C)cc3n2CC(C)C)cc1. The fourth-order valence-electron chi connectivity index (χ4n) is 3.48. The van der Waals surface area contributed by atoms with Gasteiger partial charge in [0, 0.05) is 29.7 Å². The minimum absolute atomic E-state index is 0.182. The zero-order valence-electron chi connectivity index (χ0n) is 17.2. The maximum atomic E-state index is 11.9. The highest BCUT2D eigenvalue weighted by molar-refractivity contribution is 6.01. The first-order chi connectivity index (χ1) is 13.4. The first-order valence-electron chi connectivity index (χ1n) is 9.94. The van der Waals surface area contributed by atoms with Crippen molar-refractivity contribution in [3.8, 4) is 11.3 Å². The van der Waals surface area contributed by atoms with Gasteiger partial charge in [-0.3, -0.25) is 0 Å². The van der Waals surface area contributed by atoms with E-state index in [0.717, 1.165) is 41.0 Å². The van der Waals surface area contributed by atoms with Gasteiger partial charge in [0.2, 0.25) is 0 Å². The Hall–Kier alpha value is -2.95. The van der Waals surface area contributed by atoms with E-state index in [1.54, 1.807) is 0 Å². The number of hydrogen-bond donors (Lipinski definition) is 3. The van der Waals surface area contributed by atoms with Crippen LogP contribution in [0.3, 0.4) is 0 Å². The summed E-state index contributed by atoms with van der Waals surface area (Å²) in [4.78, 5) is 11.9. The third-order valence-corrected chi connectivity index (χ3v) is 4.76. The van der Waals surface area contributed by atoms with Gasteiger partial charge in [0.25, 0.3) is 0 Å². The molecule has 0 bridgehead atoms. The molecule has 148 valence electrons.